The lowest BCUT2D eigenvalue weighted by Gasteiger charge is -2.19. The number of guanidine groups is 1. The molecular weight excluding hydrogens is 252 g/mol. The van der Waals surface area contributed by atoms with E-state index in [1.54, 1.807) is 0 Å². The van der Waals surface area contributed by atoms with Gasteiger partial charge in [-0.25, -0.2) is 0 Å². The van der Waals surface area contributed by atoms with E-state index in [0.717, 1.165) is 38.6 Å². The first kappa shape index (κ1) is 15.1. The molecule has 1 saturated carbocycles. The first-order valence-corrected chi connectivity index (χ1v) is 7.89. The molecule has 1 aliphatic carbocycles. The Balaban J connectivity index is 1.84. The van der Waals surface area contributed by atoms with Crippen molar-refractivity contribution < 1.29 is 4.79 Å². The van der Waals surface area contributed by atoms with Crippen molar-refractivity contribution in [2.24, 2.45) is 10.4 Å². The van der Waals surface area contributed by atoms with Crippen LogP contribution >= 0.6 is 0 Å². The van der Waals surface area contributed by atoms with Crippen LogP contribution in [0.2, 0.25) is 0 Å². The van der Waals surface area contributed by atoms with Gasteiger partial charge in [-0.05, 0) is 31.6 Å². The summed E-state index contributed by atoms with van der Waals surface area (Å²) in [5, 5.41) is 6.77. The fourth-order valence-corrected chi connectivity index (χ4v) is 2.48. The van der Waals surface area contributed by atoms with Crippen LogP contribution in [-0.4, -0.2) is 49.0 Å². The summed E-state index contributed by atoms with van der Waals surface area (Å²) >= 11 is 0. The number of aliphatic imine (C=N–C) groups is 1. The molecule has 2 N–H and O–H groups in total. The Labute approximate surface area is 122 Å². The average Bonchev–Trinajstić information content (AvgIpc) is 3.00. The van der Waals surface area contributed by atoms with Crippen LogP contribution in [0.25, 0.3) is 0 Å². The van der Waals surface area contributed by atoms with Crippen LogP contribution in [0.5, 0.6) is 0 Å². The van der Waals surface area contributed by atoms with Gasteiger partial charge in [-0.1, -0.05) is 13.8 Å². The molecule has 0 radical (unpaired) electrons. The Morgan fingerprint density at radius 3 is 2.75 bits per heavy atom. The van der Waals surface area contributed by atoms with E-state index in [-0.39, 0.29) is 5.91 Å². The Morgan fingerprint density at radius 1 is 1.40 bits per heavy atom. The Bertz CT molecular complexity index is 376. The maximum absolute atomic E-state index is 11.7. The summed E-state index contributed by atoms with van der Waals surface area (Å²) in [5.41, 5.74) is 0.433. The minimum Gasteiger partial charge on any atom is -0.357 e. The van der Waals surface area contributed by atoms with Gasteiger partial charge in [0.2, 0.25) is 5.91 Å². The van der Waals surface area contributed by atoms with Gasteiger partial charge < -0.3 is 15.5 Å². The highest BCUT2D eigenvalue weighted by Gasteiger charge is 2.37. The summed E-state index contributed by atoms with van der Waals surface area (Å²) < 4.78 is 0. The zero-order chi connectivity index (χ0) is 14.6. The predicted molar refractivity (Wildman–Crippen MR) is 81.7 cm³/mol. The molecule has 1 amide bonds. The van der Waals surface area contributed by atoms with Crippen molar-refractivity contribution in [1.82, 2.24) is 15.5 Å². The van der Waals surface area contributed by atoms with Crippen LogP contribution in [-0.2, 0) is 4.79 Å². The van der Waals surface area contributed by atoms with Crippen molar-refractivity contribution >= 4 is 11.9 Å². The van der Waals surface area contributed by atoms with Gasteiger partial charge >= 0.3 is 0 Å². The summed E-state index contributed by atoms with van der Waals surface area (Å²) in [6, 6.07) is 0.329. The van der Waals surface area contributed by atoms with Gasteiger partial charge in [0.25, 0.3) is 0 Å². The first-order chi connectivity index (χ1) is 9.56. The molecule has 1 atom stereocenters. The largest absolute Gasteiger partial charge is 0.357 e. The summed E-state index contributed by atoms with van der Waals surface area (Å²) in [6.07, 6.45) is 4.18. The number of nitrogens with zero attached hydrogens (tertiary/aromatic N) is 2. The highest BCUT2D eigenvalue weighted by molar-refractivity contribution is 5.80. The number of hydrogen-bond acceptors (Lipinski definition) is 2. The standard InChI is InChI=1S/C15H28N4O/c1-4-13(20)19-9-6-12(10-19)18-14(16-5-2)17-11-15(3)7-8-15/h12H,4-11H2,1-3H3,(H2,16,17,18). The fraction of sp³-hybridized carbons (Fsp3) is 0.867. The molecule has 2 rings (SSSR count). The van der Waals surface area contributed by atoms with E-state index in [9.17, 15) is 4.79 Å². The summed E-state index contributed by atoms with van der Waals surface area (Å²) in [4.78, 5) is 18.3. The van der Waals surface area contributed by atoms with Crippen molar-refractivity contribution in [1.29, 1.82) is 0 Å². The Kier molecular flexibility index (Phi) is 4.89. The second-order valence-electron chi connectivity index (χ2n) is 6.33. The minimum atomic E-state index is 0.252. The molecule has 0 spiro atoms. The number of hydrogen-bond donors (Lipinski definition) is 2. The lowest BCUT2D eigenvalue weighted by molar-refractivity contribution is -0.129. The third kappa shape index (κ3) is 4.12. The third-order valence-corrected chi connectivity index (χ3v) is 4.25. The van der Waals surface area contributed by atoms with E-state index in [4.69, 9.17) is 4.99 Å². The van der Waals surface area contributed by atoms with Crippen LogP contribution in [0.15, 0.2) is 4.99 Å². The smallest absolute Gasteiger partial charge is 0.222 e. The topological polar surface area (TPSA) is 56.7 Å². The molecule has 1 aliphatic heterocycles. The Hall–Kier alpha value is -1.26. The molecule has 5 nitrogen and oxygen atoms in total. The van der Waals surface area contributed by atoms with Crippen LogP contribution in [0.4, 0.5) is 0 Å². The van der Waals surface area contributed by atoms with Crippen molar-refractivity contribution in [3.8, 4) is 0 Å². The van der Waals surface area contributed by atoms with E-state index in [1.807, 2.05) is 11.8 Å². The molecule has 0 aromatic carbocycles. The number of carbonyl (C=O) groups excluding carboxylic acids is 1. The molecule has 1 heterocycles. The van der Waals surface area contributed by atoms with Crippen LogP contribution in [0, 0.1) is 5.41 Å². The molecule has 5 heteroatoms. The van der Waals surface area contributed by atoms with Crippen molar-refractivity contribution in [3.63, 3.8) is 0 Å². The van der Waals surface area contributed by atoms with Gasteiger partial charge in [-0.15, -0.1) is 0 Å². The van der Waals surface area contributed by atoms with Gasteiger partial charge in [0.1, 0.15) is 0 Å². The highest BCUT2D eigenvalue weighted by atomic mass is 16.2. The molecule has 1 saturated heterocycles. The fourth-order valence-electron chi connectivity index (χ4n) is 2.48. The van der Waals surface area contributed by atoms with Crippen molar-refractivity contribution in [3.05, 3.63) is 0 Å². The van der Waals surface area contributed by atoms with Crippen molar-refractivity contribution in [2.75, 3.05) is 26.2 Å². The van der Waals surface area contributed by atoms with Crippen LogP contribution < -0.4 is 10.6 Å². The number of likely N-dealkylation sites (tertiary alicyclic amines) is 1. The first-order valence-electron chi connectivity index (χ1n) is 7.89. The van der Waals surface area contributed by atoms with E-state index in [0.29, 0.717) is 17.9 Å². The molecule has 0 aromatic rings. The normalized spacial score (nSPS) is 24.6. The van der Waals surface area contributed by atoms with Crippen LogP contribution in [0.1, 0.15) is 46.5 Å². The summed E-state index contributed by atoms with van der Waals surface area (Å²) in [7, 11) is 0. The maximum atomic E-state index is 11.7. The summed E-state index contributed by atoms with van der Waals surface area (Å²) in [5.74, 6) is 1.15. The molecule has 2 aliphatic rings. The molecule has 2 fully saturated rings. The molecule has 1 unspecified atom stereocenters. The molecule has 0 bridgehead atoms. The second-order valence-corrected chi connectivity index (χ2v) is 6.33. The van der Waals surface area contributed by atoms with E-state index in [1.165, 1.54) is 12.8 Å². The zero-order valence-electron chi connectivity index (χ0n) is 13.0. The highest BCUT2D eigenvalue weighted by Crippen LogP contribution is 2.44. The number of nitrogens with one attached hydrogen (secondary N) is 2. The molecule has 20 heavy (non-hydrogen) atoms. The van der Waals surface area contributed by atoms with Gasteiger partial charge in [0, 0.05) is 38.6 Å². The van der Waals surface area contributed by atoms with E-state index in [2.05, 4.69) is 24.5 Å². The monoisotopic (exact) mass is 280 g/mol. The SMILES string of the molecule is CCNC(=NCC1(C)CC1)NC1CCN(C(=O)CC)C1. The van der Waals surface area contributed by atoms with Crippen molar-refractivity contribution in [2.45, 2.75) is 52.5 Å². The van der Waals surface area contributed by atoms with Crippen LogP contribution in [0.3, 0.4) is 0 Å². The zero-order valence-corrected chi connectivity index (χ0v) is 13.0. The minimum absolute atomic E-state index is 0.252. The van der Waals surface area contributed by atoms with Gasteiger partial charge in [-0.3, -0.25) is 9.79 Å². The van der Waals surface area contributed by atoms with Gasteiger partial charge in [0.05, 0.1) is 0 Å². The molecule has 0 aromatic heterocycles. The van der Waals surface area contributed by atoms with Gasteiger partial charge in [0.15, 0.2) is 5.96 Å². The number of amides is 1. The number of carbonyl (C=O) groups is 1. The van der Waals surface area contributed by atoms with E-state index >= 15 is 0 Å². The molecular formula is C15H28N4O. The second kappa shape index (κ2) is 6.46. The average molecular weight is 280 g/mol. The lowest BCUT2D eigenvalue weighted by atomic mass is 10.1. The third-order valence-electron chi connectivity index (χ3n) is 4.25. The predicted octanol–water partition coefficient (Wildman–Crippen LogP) is 1.35. The summed E-state index contributed by atoms with van der Waals surface area (Å²) in [6.45, 7) is 9.72. The van der Waals surface area contributed by atoms with E-state index < -0.39 is 0 Å². The Morgan fingerprint density at radius 2 is 2.15 bits per heavy atom. The quantitative estimate of drug-likeness (QED) is 0.590. The lowest BCUT2D eigenvalue weighted by Crippen LogP contribution is -2.45. The number of rotatable bonds is 5. The molecule has 114 valence electrons. The van der Waals surface area contributed by atoms with Gasteiger partial charge in [-0.2, -0.15) is 0 Å². The maximum Gasteiger partial charge on any atom is 0.222 e.